The number of piperidine rings is 1. The zero-order valence-corrected chi connectivity index (χ0v) is 16.2. The van der Waals surface area contributed by atoms with Gasteiger partial charge >= 0.3 is 0 Å². The maximum atomic E-state index is 12.6. The van der Waals surface area contributed by atoms with E-state index in [9.17, 15) is 9.59 Å². The number of nitrogens with two attached hydrogens (primary N) is 1. The van der Waals surface area contributed by atoms with Gasteiger partial charge in [0.15, 0.2) is 0 Å². The van der Waals surface area contributed by atoms with Crippen LogP contribution in [0.5, 0.6) is 5.75 Å². The molecule has 0 aromatic heterocycles. The Labute approximate surface area is 156 Å². The van der Waals surface area contributed by atoms with E-state index in [1.165, 1.54) is 5.56 Å². The molecule has 1 atom stereocenters. The molecule has 0 aliphatic carbocycles. The highest BCUT2D eigenvalue weighted by Crippen LogP contribution is 2.20. The maximum Gasteiger partial charge on any atom is 0.231 e. The number of nitrogens with zero attached hydrogens (tertiary/aromatic N) is 2. The summed E-state index contributed by atoms with van der Waals surface area (Å²) < 4.78 is 5.83. The van der Waals surface area contributed by atoms with Gasteiger partial charge in [0.05, 0.1) is 19.1 Å². The van der Waals surface area contributed by atoms with E-state index in [1.807, 2.05) is 31.0 Å². The Kier molecular flexibility index (Phi) is 7.45. The summed E-state index contributed by atoms with van der Waals surface area (Å²) in [6.45, 7) is 7.03. The number of likely N-dealkylation sites (tertiary alicyclic amines) is 1. The van der Waals surface area contributed by atoms with Gasteiger partial charge in [0, 0.05) is 20.1 Å². The van der Waals surface area contributed by atoms with Crippen LogP contribution in [0.1, 0.15) is 30.4 Å². The Bertz CT molecular complexity index is 633. The van der Waals surface area contributed by atoms with E-state index in [1.54, 1.807) is 4.90 Å². The second-order valence-corrected chi connectivity index (χ2v) is 7.27. The van der Waals surface area contributed by atoms with Gasteiger partial charge in [-0.3, -0.25) is 14.5 Å². The summed E-state index contributed by atoms with van der Waals surface area (Å²) in [4.78, 5) is 27.5. The monoisotopic (exact) mass is 361 g/mol. The minimum Gasteiger partial charge on any atom is -0.493 e. The fraction of sp³-hybridized carbons (Fsp3) is 0.600. The third-order valence-corrected chi connectivity index (χ3v) is 4.84. The molecule has 0 radical (unpaired) electrons. The molecule has 6 nitrogen and oxygen atoms in total. The largest absolute Gasteiger partial charge is 0.493 e. The van der Waals surface area contributed by atoms with Crippen LogP contribution in [0.2, 0.25) is 0 Å². The number of hydrogen-bond donors (Lipinski definition) is 1. The molecule has 2 rings (SSSR count). The molecule has 1 aromatic rings. The zero-order valence-electron chi connectivity index (χ0n) is 16.2. The molecule has 1 heterocycles. The molecule has 1 saturated heterocycles. The number of hydrogen-bond acceptors (Lipinski definition) is 4. The molecule has 1 fully saturated rings. The minimum absolute atomic E-state index is 0.0478. The van der Waals surface area contributed by atoms with Crippen LogP contribution in [0.25, 0.3) is 0 Å². The number of benzene rings is 1. The average molecular weight is 361 g/mol. The molecular formula is C20H31N3O3. The molecule has 1 aromatic carbocycles. The highest BCUT2D eigenvalue weighted by Gasteiger charge is 2.28. The van der Waals surface area contributed by atoms with Crippen molar-refractivity contribution < 1.29 is 14.3 Å². The lowest BCUT2D eigenvalue weighted by molar-refractivity contribution is -0.136. The van der Waals surface area contributed by atoms with Gasteiger partial charge in [0.25, 0.3) is 0 Å². The number of rotatable bonds is 8. The minimum atomic E-state index is -0.338. The highest BCUT2D eigenvalue weighted by molar-refractivity contribution is 5.79. The van der Waals surface area contributed by atoms with Crippen molar-refractivity contribution in [2.24, 2.45) is 11.7 Å². The second-order valence-electron chi connectivity index (χ2n) is 7.27. The molecule has 0 spiro atoms. The van der Waals surface area contributed by atoms with Gasteiger partial charge in [-0.05, 0) is 51.3 Å². The zero-order chi connectivity index (χ0) is 19.1. The summed E-state index contributed by atoms with van der Waals surface area (Å²) >= 11 is 0. The predicted molar refractivity (Wildman–Crippen MR) is 102 cm³/mol. The summed E-state index contributed by atoms with van der Waals surface area (Å²) in [5.41, 5.74) is 7.61. The maximum absolute atomic E-state index is 12.6. The smallest absolute Gasteiger partial charge is 0.231 e. The number of carbonyl (C=O) groups excluding carboxylic acids is 2. The average Bonchev–Trinajstić information content (AvgIpc) is 2.59. The number of primary amides is 1. The van der Waals surface area contributed by atoms with Crippen LogP contribution in [0.15, 0.2) is 18.2 Å². The molecule has 0 unspecified atom stereocenters. The third-order valence-electron chi connectivity index (χ3n) is 4.84. The van der Waals surface area contributed by atoms with E-state index in [-0.39, 0.29) is 24.3 Å². The van der Waals surface area contributed by atoms with Crippen LogP contribution in [-0.4, -0.2) is 61.4 Å². The Morgan fingerprint density at radius 3 is 2.81 bits per heavy atom. The van der Waals surface area contributed by atoms with Crippen molar-refractivity contribution >= 4 is 11.8 Å². The van der Waals surface area contributed by atoms with Crippen LogP contribution >= 0.6 is 0 Å². The summed E-state index contributed by atoms with van der Waals surface area (Å²) in [5.74, 6) is 0.660. The summed E-state index contributed by atoms with van der Waals surface area (Å²) in [6, 6.07) is 6.14. The first-order valence-electron chi connectivity index (χ1n) is 9.32. The first-order chi connectivity index (χ1) is 12.4. The van der Waals surface area contributed by atoms with Gasteiger partial charge in [-0.1, -0.05) is 17.7 Å². The van der Waals surface area contributed by atoms with Crippen molar-refractivity contribution in [2.75, 3.05) is 39.8 Å². The van der Waals surface area contributed by atoms with E-state index < -0.39 is 0 Å². The van der Waals surface area contributed by atoms with Crippen molar-refractivity contribution in [2.45, 2.75) is 33.1 Å². The van der Waals surface area contributed by atoms with Crippen LogP contribution in [0, 0.1) is 19.8 Å². The molecule has 0 saturated carbocycles. The van der Waals surface area contributed by atoms with Gasteiger partial charge in [0.2, 0.25) is 11.8 Å². The van der Waals surface area contributed by atoms with Crippen molar-refractivity contribution in [3.05, 3.63) is 29.3 Å². The predicted octanol–water partition coefficient (Wildman–Crippen LogP) is 1.73. The van der Waals surface area contributed by atoms with Crippen LogP contribution < -0.4 is 10.5 Å². The molecular weight excluding hydrogens is 330 g/mol. The quantitative estimate of drug-likeness (QED) is 0.716. The van der Waals surface area contributed by atoms with Crippen molar-refractivity contribution in [1.29, 1.82) is 0 Å². The SMILES string of the molecule is Cc1ccc(OCCCN(C)C(=O)[C@H]2CCCN(CC(N)=O)C2)c(C)c1. The number of carbonyl (C=O) groups is 2. The molecule has 1 aliphatic heterocycles. The first-order valence-corrected chi connectivity index (χ1v) is 9.32. The van der Waals surface area contributed by atoms with Crippen molar-refractivity contribution in [3.63, 3.8) is 0 Å². The Balaban J connectivity index is 1.73. The second kappa shape index (κ2) is 9.57. The molecule has 0 bridgehead atoms. The molecule has 144 valence electrons. The van der Waals surface area contributed by atoms with Gasteiger partial charge in [-0.2, -0.15) is 0 Å². The van der Waals surface area contributed by atoms with E-state index in [4.69, 9.17) is 10.5 Å². The highest BCUT2D eigenvalue weighted by atomic mass is 16.5. The van der Waals surface area contributed by atoms with Crippen LogP contribution in [-0.2, 0) is 9.59 Å². The van der Waals surface area contributed by atoms with E-state index in [2.05, 4.69) is 13.0 Å². The number of amides is 2. The Hall–Kier alpha value is -2.08. The lowest BCUT2D eigenvalue weighted by Gasteiger charge is -2.33. The standard InChI is InChI=1S/C20H31N3O3/c1-15-7-8-18(16(2)12-15)26-11-5-9-22(3)20(25)17-6-4-10-23(13-17)14-19(21)24/h7-8,12,17H,4-6,9-11,13-14H2,1-3H3,(H2,21,24)/t17-/m0/s1. The Morgan fingerprint density at radius 2 is 2.12 bits per heavy atom. The summed E-state index contributed by atoms with van der Waals surface area (Å²) in [5, 5.41) is 0. The summed E-state index contributed by atoms with van der Waals surface area (Å²) in [6.07, 6.45) is 2.58. The number of aryl methyl sites for hydroxylation is 2. The molecule has 6 heteroatoms. The summed E-state index contributed by atoms with van der Waals surface area (Å²) in [7, 11) is 1.84. The fourth-order valence-corrected chi connectivity index (χ4v) is 3.49. The van der Waals surface area contributed by atoms with E-state index in [0.717, 1.165) is 37.1 Å². The lowest BCUT2D eigenvalue weighted by atomic mass is 9.96. The van der Waals surface area contributed by atoms with Crippen molar-refractivity contribution in [1.82, 2.24) is 9.80 Å². The topological polar surface area (TPSA) is 75.9 Å². The van der Waals surface area contributed by atoms with Gasteiger partial charge in [0.1, 0.15) is 5.75 Å². The third kappa shape index (κ3) is 6.02. The lowest BCUT2D eigenvalue weighted by Crippen LogP contribution is -2.46. The van der Waals surface area contributed by atoms with Gasteiger partial charge in [-0.25, -0.2) is 0 Å². The van der Waals surface area contributed by atoms with Crippen LogP contribution in [0.4, 0.5) is 0 Å². The van der Waals surface area contributed by atoms with E-state index in [0.29, 0.717) is 19.7 Å². The fourth-order valence-electron chi connectivity index (χ4n) is 3.49. The first kappa shape index (κ1) is 20.2. The molecule has 26 heavy (non-hydrogen) atoms. The van der Waals surface area contributed by atoms with Gasteiger partial charge < -0.3 is 15.4 Å². The molecule has 2 N–H and O–H groups in total. The normalized spacial score (nSPS) is 17.7. The van der Waals surface area contributed by atoms with Crippen molar-refractivity contribution in [3.8, 4) is 5.75 Å². The molecule has 1 aliphatic rings. The van der Waals surface area contributed by atoms with E-state index >= 15 is 0 Å². The molecule has 2 amide bonds. The van der Waals surface area contributed by atoms with Gasteiger partial charge in [-0.15, -0.1) is 0 Å². The number of ether oxygens (including phenoxy) is 1. The van der Waals surface area contributed by atoms with Crippen LogP contribution in [0.3, 0.4) is 0 Å². The Morgan fingerprint density at radius 1 is 1.35 bits per heavy atom.